The van der Waals surface area contributed by atoms with E-state index in [1.54, 1.807) is 0 Å². The van der Waals surface area contributed by atoms with Crippen LogP contribution in [-0.4, -0.2) is 55.1 Å². The molecule has 150 valence electrons. The molecule has 0 saturated carbocycles. The predicted molar refractivity (Wildman–Crippen MR) is 99.8 cm³/mol. The standard InChI is InChI=1S/C22H19F2NO4/c23-21(24)16-9-25(19-18(26)11-28-20(16)19)22(27)29-10-17-14-7-3-1-5-12(14)13-6-2-4-8-15(13)17/h1-8,16-17,19-21H,9-11H2. The lowest BCUT2D eigenvalue weighted by atomic mass is 9.98. The number of alkyl halides is 2. The molecule has 1 amide bonds. The van der Waals surface area contributed by atoms with Gasteiger partial charge in [0.15, 0.2) is 5.78 Å². The zero-order valence-corrected chi connectivity index (χ0v) is 15.5. The average Bonchev–Trinajstić information content (AvgIpc) is 3.38. The van der Waals surface area contributed by atoms with Gasteiger partial charge in [-0.3, -0.25) is 9.69 Å². The van der Waals surface area contributed by atoms with Crippen LogP contribution in [0.15, 0.2) is 48.5 Å². The summed E-state index contributed by atoms with van der Waals surface area (Å²) < 4.78 is 37.4. The smallest absolute Gasteiger partial charge is 0.410 e. The van der Waals surface area contributed by atoms with Crippen molar-refractivity contribution in [1.82, 2.24) is 4.90 Å². The monoisotopic (exact) mass is 399 g/mol. The molecule has 5 rings (SSSR count). The highest BCUT2D eigenvalue weighted by Crippen LogP contribution is 2.44. The van der Waals surface area contributed by atoms with Crippen LogP contribution in [0.3, 0.4) is 0 Å². The van der Waals surface area contributed by atoms with E-state index in [4.69, 9.17) is 9.47 Å². The number of hydrogen-bond donors (Lipinski definition) is 0. The van der Waals surface area contributed by atoms with Gasteiger partial charge in [0.05, 0.1) is 12.0 Å². The summed E-state index contributed by atoms with van der Waals surface area (Å²) in [7, 11) is 0. The Morgan fingerprint density at radius 2 is 1.72 bits per heavy atom. The van der Waals surface area contributed by atoms with Gasteiger partial charge in [0, 0.05) is 12.5 Å². The molecule has 2 fully saturated rings. The van der Waals surface area contributed by atoms with Crippen molar-refractivity contribution in [2.75, 3.05) is 19.8 Å². The maximum atomic E-state index is 13.3. The maximum Gasteiger partial charge on any atom is 0.410 e. The molecule has 0 spiro atoms. The summed E-state index contributed by atoms with van der Waals surface area (Å²) >= 11 is 0. The van der Waals surface area contributed by atoms with Crippen LogP contribution >= 0.6 is 0 Å². The second kappa shape index (κ2) is 6.91. The summed E-state index contributed by atoms with van der Waals surface area (Å²) in [4.78, 5) is 26.0. The first kappa shape index (κ1) is 18.2. The lowest BCUT2D eigenvalue weighted by Gasteiger charge is -2.22. The Hall–Kier alpha value is -2.80. The lowest BCUT2D eigenvalue weighted by Crippen LogP contribution is -2.42. The van der Waals surface area contributed by atoms with E-state index in [2.05, 4.69) is 0 Å². The highest BCUT2D eigenvalue weighted by molar-refractivity contribution is 5.91. The first-order chi connectivity index (χ1) is 14.1. The molecule has 29 heavy (non-hydrogen) atoms. The first-order valence-electron chi connectivity index (χ1n) is 9.60. The van der Waals surface area contributed by atoms with Crippen molar-refractivity contribution in [2.45, 2.75) is 24.5 Å². The molecule has 2 aliphatic heterocycles. The second-order valence-electron chi connectivity index (χ2n) is 7.64. The molecule has 3 atom stereocenters. The minimum absolute atomic E-state index is 0.0785. The number of carbonyl (C=O) groups excluding carboxylic acids is 2. The fourth-order valence-electron chi connectivity index (χ4n) is 4.78. The SMILES string of the molecule is O=C1COC2C(C(F)F)CN(C(=O)OCC3c4ccccc4-c4ccccc43)C12. The van der Waals surface area contributed by atoms with E-state index in [9.17, 15) is 18.4 Å². The fourth-order valence-corrected chi connectivity index (χ4v) is 4.78. The summed E-state index contributed by atoms with van der Waals surface area (Å²) in [5.74, 6) is -1.66. The number of Topliss-reactive ketones (excluding diaryl/α,β-unsaturated/α-hetero) is 1. The van der Waals surface area contributed by atoms with Gasteiger partial charge in [0.25, 0.3) is 0 Å². The van der Waals surface area contributed by atoms with Crippen molar-refractivity contribution in [3.05, 3.63) is 59.7 Å². The van der Waals surface area contributed by atoms with Gasteiger partial charge < -0.3 is 9.47 Å². The number of hydrogen-bond acceptors (Lipinski definition) is 4. The van der Waals surface area contributed by atoms with E-state index in [0.717, 1.165) is 27.2 Å². The maximum absolute atomic E-state index is 13.3. The Morgan fingerprint density at radius 3 is 2.34 bits per heavy atom. The molecular weight excluding hydrogens is 380 g/mol. The van der Waals surface area contributed by atoms with Crippen LogP contribution in [0.4, 0.5) is 13.6 Å². The Balaban J connectivity index is 1.36. The number of benzene rings is 2. The van der Waals surface area contributed by atoms with Gasteiger partial charge in [-0.15, -0.1) is 0 Å². The van der Waals surface area contributed by atoms with E-state index < -0.39 is 30.6 Å². The van der Waals surface area contributed by atoms with Crippen molar-refractivity contribution < 1.29 is 27.8 Å². The third-order valence-electron chi connectivity index (χ3n) is 6.12. The molecule has 2 aromatic carbocycles. The van der Waals surface area contributed by atoms with E-state index in [1.807, 2.05) is 48.5 Å². The number of rotatable bonds is 3. The van der Waals surface area contributed by atoms with Crippen LogP contribution in [0.2, 0.25) is 0 Å². The van der Waals surface area contributed by atoms with Crippen molar-refractivity contribution >= 4 is 11.9 Å². The molecular formula is C22H19F2NO4. The number of amides is 1. The quantitative estimate of drug-likeness (QED) is 0.793. The van der Waals surface area contributed by atoms with Gasteiger partial charge in [-0.25, -0.2) is 13.6 Å². The Labute approximate surface area is 166 Å². The van der Waals surface area contributed by atoms with Crippen molar-refractivity contribution in [3.63, 3.8) is 0 Å². The summed E-state index contributed by atoms with van der Waals surface area (Å²) in [6.45, 7) is -0.406. The van der Waals surface area contributed by atoms with Gasteiger partial charge >= 0.3 is 6.09 Å². The fraction of sp³-hybridized carbons (Fsp3) is 0.364. The molecule has 3 unspecified atom stereocenters. The molecule has 7 heteroatoms. The highest BCUT2D eigenvalue weighted by atomic mass is 19.3. The normalized spacial score (nSPS) is 25.3. The van der Waals surface area contributed by atoms with Crippen LogP contribution in [0.1, 0.15) is 17.0 Å². The third kappa shape index (κ3) is 2.83. The van der Waals surface area contributed by atoms with Crippen LogP contribution in [0.5, 0.6) is 0 Å². The van der Waals surface area contributed by atoms with Crippen LogP contribution in [0, 0.1) is 5.92 Å². The number of likely N-dealkylation sites (tertiary alicyclic amines) is 1. The predicted octanol–water partition coefficient (Wildman–Crippen LogP) is 3.47. The van der Waals surface area contributed by atoms with Gasteiger partial charge in [-0.2, -0.15) is 0 Å². The average molecular weight is 399 g/mol. The number of nitrogens with zero attached hydrogens (tertiary/aromatic N) is 1. The van der Waals surface area contributed by atoms with Crippen molar-refractivity contribution in [2.24, 2.45) is 5.92 Å². The molecule has 2 heterocycles. The number of carbonyl (C=O) groups is 2. The van der Waals surface area contributed by atoms with E-state index in [0.29, 0.717) is 0 Å². The minimum atomic E-state index is -2.67. The highest BCUT2D eigenvalue weighted by Gasteiger charge is 2.55. The number of halogens is 2. The van der Waals surface area contributed by atoms with Crippen molar-refractivity contribution in [1.29, 1.82) is 0 Å². The van der Waals surface area contributed by atoms with Gasteiger partial charge in [-0.05, 0) is 22.3 Å². The van der Waals surface area contributed by atoms with E-state index in [1.165, 1.54) is 0 Å². The van der Waals surface area contributed by atoms with Crippen LogP contribution < -0.4 is 0 Å². The topological polar surface area (TPSA) is 55.8 Å². The summed E-state index contributed by atoms with van der Waals surface area (Å²) in [6, 6.07) is 14.9. The molecule has 0 bridgehead atoms. The summed E-state index contributed by atoms with van der Waals surface area (Å²) in [5.41, 5.74) is 4.32. The minimum Gasteiger partial charge on any atom is -0.448 e. The third-order valence-corrected chi connectivity index (χ3v) is 6.12. The Kier molecular flexibility index (Phi) is 4.35. The Morgan fingerprint density at radius 1 is 1.10 bits per heavy atom. The van der Waals surface area contributed by atoms with Gasteiger partial charge in [0.1, 0.15) is 19.3 Å². The van der Waals surface area contributed by atoms with Crippen molar-refractivity contribution in [3.8, 4) is 11.1 Å². The molecule has 2 saturated heterocycles. The van der Waals surface area contributed by atoms with Crippen LogP contribution in [0.25, 0.3) is 11.1 Å². The van der Waals surface area contributed by atoms with Crippen LogP contribution in [-0.2, 0) is 14.3 Å². The van der Waals surface area contributed by atoms with E-state index >= 15 is 0 Å². The van der Waals surface area contributed by atoms with Gasteiger partial charge in [0.2, 0.25) is 6.43 Å². The lowest BCUT2D eigenvalue weighted by molar-refractivity contribution is -0.121. The van der Waals surface area contributed by atoms with Gasteiger partial charge in [-0.1, -0.05) is 48.5 Å². The molecule has 1 aliphatic carbocycles. The molecule has 0 radical (unpaired) electrons. The summed E-state index contributed by atoms with van der Waals surface area (Å²) in [5, 5.41) is 0. The molecule has 3 aliphatic rings. The zero-order chi connectivity index (χ0) is 20.1. The number of ketones is 1. The molecule has 5 nitrogen and oxygen atoms in total. The number of fused-ring (bicyclic) bond motifs is 4. The molecule has 0 aromatic heterocycles. The summed E-state index contributed by atoms with van der Waals surface area (Å²) in [6.07, 6.45) is -4.37. The number of ether oxygens (including phenoxy) is 2. The largest absolute Gasteiger partial charge is 0.448 e. The molecule has 2 aromatic rings. The van der Waals surface area contributed by atoms with E-state index in [-0.39, 0.29) is 31.5 Å². The second-order valence-corrected chi connectivity index (χ2v) is 7.64. The Bertz CT molecular complexity index is 933. The first-order valence-corrected chi connectivity index (χ1v) is 9.60. The molecule has 0 N–H and O–H groups in total. The zero-order valence-electron chi connectivity index (χ0n) is 15.5.